The number of hydrogen-bond donors (Lipinski definition) is 2. The quantitative estimate of drug-likeness (QED) is 0.163. The number of anilines is 2. The van der Waals surface area contributed by atoms with Crippen LogP contribution in [0, 0.1) is 0 Å². The second-order valence-electron chi connectivity index (χ2n) is 15.8. The van der Waals surface area contributed by atoms with Gasteiger partial charge in [-0.2, -0.15) is 0 Å². The number of nitrogens with one attached hydrogen (secondary N) is 2. The average molecular weight is 918 g/mol. The Morgan fingerprint density at radius 2 is 1.12 bits per heavy atom. The van der Waals surface area contributed by atoms with Crippen molar-refractivity contribution >= 4 is 105 Å². The van der Waals surface area contributed by atoms with Crippen LogP contribution < -0.4 is 24.7 Å². The van der Waals surface area contributed by atoms with Gasteiger partial charge in [-0.25, -0.2) is 16.8 Å². The summed E-state index contributed by atoms with van der Waals surface area (Å²) in [5.41, 5.74) is 3.97. The predicted molar refractivity (Wildman–Crippen MR) is 240 cm³/mol. The smallest absolute Gasteiger partial charge is 0.455 e. The van der Waals surface area contributed by atoms with Gasteiger partial charge in [-0.05, 0) is 105 Å². The van der Waals surface area contributed by atoms with E-state index in [-0.39, 0.29) is 19.2 Å². The fourth-order valence-corrected chi connectivity index (χ4v) is 8.94. The molecule has 2 amide bonds. The van der Waals surface area contributed by atoms with Crippen LogP contribution in [-0.2, 0) is 29.4 Å². The van der Waals surface area contributed by atoms with E-state index in [1.54, 1.807) is 38.4 Å². The molecule has 3 heterocycles. The van der Waals surface area contributed by atoms with Crippen LogP contribution in [0.4, 0.5) is 11.4 Å². The first-order valence-corrected chi connectivity index (χ1v) is 23.4. The van der Waals surface area contributed by atoms with Crippen LogP contribution in [0.2, 0.25) is 0 Å². The molecule has 0 atom stereocenters. The number of amides is 2. The van der Waals surface area contributed by atoms with E-state index in [1.807, 2.05) is 27.7 Å². The summed E-state index contributed by atoms with van der Waals surface area (Å²) in [5, 5.41) is 6.60. The van der Waals surface area contributed by atoms with Crippen molar-refractivity contribution in [3.63, 3.8) is 0 Å². The molecule has 0 radical (unpaired) electrons. The Morgan fingerprint density at radius 1 is 0.712 bits per heavy atom. The SMILES string of the molecule is C.CNC(=O)c1c(C2=CCCC2)oc2cc(N(C)S(C)(=O)=O)c(B3OC(C)(C)C(C)(C)O3)cc12.CNC(=O)c1c(C2=CCCC2)oc2cc(N(C)S(C)(=O)=O)c(Br)cc12. The van der Waals surface area contributed by atoms with E-state index in [1.165, 1.54) is 22.7 Å². The van der Waals surface area contributed by atoms with E-state index in [0.717, 1.165) is 62.2 Å². The van der Waals surface area contributed by atoms with Crippen molar-refractivity contribution in [3.05, 3.63) is 63.5 Å². The van der Waals surface area contributed by atoms with Crippen molar-refractivity contribution < 1.29 is 44.6 Å². The molecule has 2 aromatic carbocycles. The topological polar surface area (TPSA) is 178 Å². The van der Waals surface area contributed by atoms with Crippen LogP contribution in [0.25, 0.3) is 33.1 Å². The van der Waals surface area contributed by atoms with Crippen LogP contribution in [0.5, 0.6) is 0 Å². The second-order valence-corrected chi connectivity index (χ2v) is 20.7. The van der Waals surface area contributed by atoms with E-state index < -0.39 is 38.4 Å². The zero-order valence-corrected chi connectivity index (χ0v) is 37.7. The number of carbonyl (C=O) groups excluding carboxylic acids is 2. The second kappa shape index (κ2) is 16.8. The first-order chi connectivity index (χ1) is 27.0. The maximum absolute atomic E-state index is 12.9. The highest BCUT2D eigenvalue weighted by Gasteiger charge is 2.53. The first kappa shape index (κ1) is 46.0. The Morgan fingerprint density at radius 3 is 1.51 bits per heavy atom. The number of hydrogen-bond acceptors (Lipinski definition) is 10. The Balaban J connectivity index is 0.000000229. The van der Waals surface area contributed by atoms with Crippen molar-refractivity contribution in [1.82, 2.24) is 10.6 Å². The molecule has 1 fully saturated rings. The molecule has 1 saturated heterocycles. The number of rotatable bonds is 9. The van der Waals surface area contributed by atoms with Gasteiger partial charge >= 0.3 is 7.12 Å². The molecule has 4 aromatic rings. The van der Waals surface area contributed by atoms with E-state index in [2.05, 4.69) is 38.7 Å². The third-order valence-electron chi connectivity index (χ3n) is 11.3. The minimum Gasteiger partial charge on any atom is -0.455 e. The zero-order chi connectivity index (χ0) is 42.7. The lowest BCUT2D eigenvalue weighted by molar-refractivity contribution is 0.00578. The van der Waals surface area contributed by atoms with Gasteiger partial charge in [0.15, 0.2) is 0 Å². The molecule has 2 aromatic heterocycles. The number of allylic oxidation sites excluding steroid dienone is 4. The third kappa shape index (κ3) is 8.74. The summed E-state index contributed by atoms with van der Waals surface area (Å²) in [6, 6.07) is 6.80. The Bertz CT molecular complexity index is 2600. The van der Waals surface area contributed by atoms with Crippen molar-refractivity contribution in [3.8, 4) is 0 Å². The number of furan rings is 2. The minimum absolute atomic E-state index is 0. The monoisotopic (exact) mass is 916 g/mol. The van der Waals surface area contributed by atoms with E-state index in [4.69, 9.17) is 18.1 Å². The number of benzene rings is 2. The number of nitrogens with zero attached hydrogens (tertiary/aromatic N) is 2. The van der Waals surface area contributed by atoms with E-state index >= 15 is 0 Å². The van der Waals surface area contributed by atoms with Gasteiger partial charge in [0.05, 0.1) is 46.2 Å². The first-order valence-electron chi connectivity index (χ1n) is 18.9. The molecule has 0 unspecified atom stereocenters. The van der Waals surface area contributed by atoms with Gasteiger partial charge in [-0.15, -0.1) is 0 Å². The van der Waals surface area contributed by atoms with Gasteiger partial charge in [0.1, 0.15) is 22.7 Å². The number of fused-ring (bicyclic) bond motifs is 2. The molecule has 320 valence electrons. The summed E-state index contributed by atoms with van der Waals surface area (Å²) in [7, 11) is -1.71. The van der Waals surface area contributed by atoms with Crippen LogP contribution in [0.3, 0.4) is 0 Å². The summed E-state index contributed by atoms with van der Waals surface area (Å²) in [6.07, 6.45) is 12.1. The van der Waals surface area contributed by atoms with Gasteiger partial charge in [0.2, 0.25) is 20.0 Å². The average Bonchev–Trinajstić information content (AvgIpc) is 3.99. The van der Waals surface area contributed by atoms with Gasteiger partial charge in [-0.1, -0.05) is 19.6 Å². The molecule has 14 nitrogen and oxygen atoms in total. The Hall–Kier alpha value is -4.10. The highest BCUT2D eigenvalue weighted by molar-refractivity contribution is 9.10. The van der Waals surface area contributed by atoms with Gasteiger partial charge < -0.3 is 28.8 Å². The molecule has 2 N–H and O–H groups in total. The molecule has 7 rings (SSSR count). The van der Waals surface area contributed by atoms with Crippen LogP contribution >= 0.6 is 15.9 Å². The summed E-state index contributed by atoms with van der Waals surface area (Å²) in [5.74, 6) is 0.608. The molecule has 0 spiro atoms. The number of halogens is 1. The summed E-state index contributed by atoms with van der Waals surface area (Å²) >= 11 is 3.41. The van der Waals surface area contributed by atoms with Crippen molar-refractivity contribution in [2.24, 2.45) is 0 Å². The molecule has 0 saturated carbocycles. The molecule has 3 aliphatic rings. The molecule has 18 heteroatoms. The number of carbonyl (C=O) groups is 2. The lowest BCUT2D eigenvalue weighted by Crippen LogP contribution is -2.41. The van der Waals surface area contributed by atoms with Gasteiger partial charge in [0, 0.05) is 61.0 Å². The van der Waals surface area contributed by atoms with Crippen LogP contribution in [0.1, 0.15) is 106 Å². The van der Waals surface area contributed by atoms with E-state index in [9.17, 15) is 26.4 Å². The highest BCUT2D eigenvalue weighted by atomic mass is 79.9. The third-order valence-corrected chi connectivity index (χ3v) is 14.4. The Labute approximate surface area is 356 Å². The van der Waals surface area contributed by atoms with Crippen LogP contribution in [-0.4, -0.2) is 87.7 Å². The largest absolute Gasteiger partial charge is 0.497 e. The standard InChI is InChI=1S/C23H31BN2O6S.C17H19BrN2O4S.CH4/c1-22(2)23(3,4)32-24(31-22)16-12-15-18(13-17(16)26(6)33(7,28)29)30-20(14-10-8-9-11-14)19(15)21(27)25-5;1-19-17(21)15-11-8-12(18)13(20(2)25(3,22)23)9-14(11)24-16(15)10-6-4-5-7-10;/h10,12-13H,8-9,11H2,1-7H3,(H,25,27);6,8-9H,4-5,7H2,1-3H3,(H,19,21);1H4. The lowest BCUT2D eigenvalue weighted by atomic mass is 9.77. The normalized spacial score (nSPS) is 17.2. The maximum Gasteiger partial charge on any atom is 0.497 e. The fraction of sp³-hybridized carbons (Fsp3) is 0.463. The molecular formula is C41H54BBrN4O10S2. The fourth-order valence-electron chi connectivity index (χ4n) is 7.19. The van der Waals surface area contributed by atoms with E-state index in [0.29, 0.717) is 65.9 Å². The Kier molecular flexibility index (Phi) is 13.1. The molecule has 1 aliphatic heterocycles. The molecule has 59 heavy (non-hydrogen) atoms. The highest BCUT2D eigenvalue weighted by Crippen LogP contribution is 2.42. The van der Waals surface area contributed by atoms with Gasteiger partial charge in [-0.3, -0.25) is 18.2 Å². The summed E-state index contributed by atoms with van der Waals surface area (Å²) in [4.78, 5) is 25.4. The zero-order valence-electron chi connectivity index (χ0n) is 34.5. The molecule has 2 aliphatic carbocycles. The summed E-state index contributed by atoms with van der Waals surface area (Å²) in [6.45, 7) is 7.74. The van der Waals surface area contributed by atoms with Crippen molar-refractivity contribution in [1.29, 1.82) is 0 Å². The predicted octanol–water partition coefficient (Wildman–Crippen LogP) is 7.21. The van der Waals surface area contributed by atoms with Crippen LogP contribution in [0.15, 0.2) is 49.7 Å². The van der Waals surface area contributed by atoms with Gasteiger partial charge in [0.25, 0.3) is 11.8 Å². The number of sulfonamides is 2. The maximum atomic E-state index is 12.9. The lowest BCUT2D eigenvalue weighted by Gasteiger charge is -2.32. The minimum atomic E-state index is -3.58. The van der Waals surface area contributed by atoms with Crippen molar-refractivity contribution in [2.45, 2.75) is 84.8 Å². The molecule has 0 bridgehead atoms. The molecular weight excluding hydrogens is 863 g/mol. The summed E-state index contributed by atoms with van der Waals surface area (Å²) < 4.78 is 76.2. The van der Waals surface area contributed by atoms with Crippen molar-refractivity contribution in [2.75, 3.05) is 49.3 Å².